The molecule has 4 heteroatoms. The first-order valence-electron chi connectivity index (χ1n) is 7.40. The van der Waals surface area contributed by atoms with E-state index in [1.54, 1.807) is 18.4 Å². The van der Waals surface area contributed by atoms with Crippen molar-refractivity contribution >= 4 is 11.3 Å². The van der Waals surface area contributed by atoms with Crippen LogP contribution in [0.3, 0.4) is 0 Å². The van der Waals surface area contributed by atoms with Crippen molar-refractivity contribution in [1.82, 2.24) is 10.3 Å². The van der Waals surface area contributed by atoms with E-state index in [2.05, 4.69) is 41.5 Å². The fraction of sp³-hybridized carbons (Fsp3) is 0.471. The van der Waals surface area contributed by atoms with Crippen molar-refractivity contribution in [1.29, 1.82) is 0 Å². The number of ether oxygens (including phenoxy) is 1. The Morgan fingerprint density at radius 1 is 1.24 bits per heavy atom. The molecule has 0 bridgehead atoms. The molecule has 1 aromatic carbocycles. The Morgan fingerprint density at radius 3 is 2.71 bits per heavy atom. The van der Waals surface area contributed by atoms with Crippen molar-refractivity contribution in [3.8, 4) is 0 Å². The first-order valence-corrected chi connectivity index (χ1v) is 8.28. The molecule has 1 aromatic heterocycles. The number of thiazole rings is 1. The first-order chi connectivity index (χ1) is 10.3. The third-order valence-electron chi connectivity index (χ3n) is 3.53. The molecule has 1 unspecified atom stereocenters. The van der Waals surface area contributed by atoms with Gasteiger partial charge in [-0.3, -0.25) is 4.98 Å². The molecule has 0 saturated carbocycles. The van der Waals surface area contributed by atoms with Crippen LogP contribution in [-0.2, 0) is 17.6 Å². The van der Waals surface area contributed by atoms with Gasteiger partial charge in [0.25, 0.3) is 0 Å². The monoisotopic (exact) mass is 304 g/mol. The fourth-order valence-electron chi connectivity index (χ4n) is 2.38. The summed E-state index contributed by atoms with van der Waals surface area (Å²) in [6.45, 7) is 4.81. The first kappa shape index (κ1) is 16.1. The maximum absolute atomic E-state index is 5.09. The van der Waals surface area contributed by atoms with Crippen molar-refractivity contribution in [2.24, 2.45) is 5.92 Å². The maximum atomic E-state index is 5.09. The van der Waals surface area contributed by atoms with Crippen LogP contribution in [0.5, 0.6) is 0 Å². The largest absolute Gasteiger partial charge is 0.383 e. The van der Waals surface area contributed by atoms with Gasteiger partial charge in [-0.25, -0.2) is 0 Å². The Morgan fingerprint density at radius 2 is 2.05 bits per heavy atom. The molecule has 0 amide bonds. The van der Waals surface area contributed by atoms with E-state index in [1.165, 1.54) is 16.0 Å². The number of nitrogens with zero attached hydrogens (tertiary/aromatic N) is 1. The molecule has 1 N–H and O–H groups in total. The number of methoxy groups -OCH3 is 1. The summed E-state index contributed by atoms with van der Waals surface area (Å²) in [7, 11) is 1.74. The van der Waals surface area contributed by atoms with E-state index in [9.17, 15) is 0 Å². The van der Waals surface area contributed by atoms with E-state index in [4.69, 9.17) is 4.74 Å². The van der Waals surface area contributed by atoms with Crippen LogP contribution in [0.4, 0.5) is 0 Å². The van der Waals surface area contributed by atoms with Gasteiger partial charge in [-0.1, -0.05) is 29.8 Å². The van der Waals surface area contributed by atoms with Crippen molar-refractivity contribution in [2.75, 3.05) is 26.8 Å². The lowest BCUT2D eigenvalue weighted by atomic mass is 9.95. The summed E-state index contributed by atoms with van der Waals surface area (Å²) in [4.78, 5) is 5.54. The lowest BCUT2D eigenvalue weighted by Crippen LogP contribution is -2.28. The predicted octanol–water partition coefficient (Wildman–Crippen LogP) is 3.09. The molecule has 114 valence electrons. The van der Waals surface area contributed by atoms with Crippen molar-refractivity contribution in [3.63, 3.8) is 0 Å². The smallest absolute Gasteiger partial charge is 0.0794 e. The molecule has 3 nitrogen and oxygen atoms in total. The maximum Gasteiger partial charge on any atom is 0.0794 e. The van der Waals surface area contributed by atoms with Gasteiger partial charge in [-0.2, -0.15) is 0 Å². The third kappa shape index (κ3) is 5.96. The van der Waals surface area contributed by atoms with E-state index >= 15 is 0 Å². The molecule has 2 aromatic rings. The van der Waals surface area contributed by atoms with E-state index in [0.717, 1.165) is 32.5 Å². The zero-order valence-corrected chi connectivity index (χ0v) is 13.7. The minimum atomic E-state index is 0.588. The second-order valence-electron chi connectivity index (χ2n) is 5.42. The van der Waals surface area contributed by atoms with Gasteiger partial charge in [-0.05, 0) is 37.8 Å². The molecule has 0 fully saturated rings. The van der Waals surface area contributed by atoms with Gasteiger partial charge in [-0.15, -0.1) is 11.3 Å². The standard InChI is InChI=1S/C17H24N2OS/c1-14-3-5-15(6-4-14)9-16(11-18-7-8-20-2)10-17-12-19-13-21-17/h3-6,12-13,16,18H,7-11H2,1-2H3. The minimum absolute atomic E-state index is 0.588. The minimum Gasteiger partial charge on any atom is -0.383 e. The quantitative estimate of drug-likeness (QED) is 0.723. The number of hydrogen-bond acceptors (Lipinski definition) is 4. The van der Waals surface area contributed by atoms with Gasteiger partial charge in [0.1, 0.15) is 0 Å². The SMILES string of the molecule is COCCNCC(Cc1ccc(C)cc1)Cc1cncs1. The van der Waals surface area contributed by atoms with Gasteiger partial charge in [0.15, 0.2) is 0 Å². The number of benzene rings is 1. The van der Waals surface area contributed by atoms with Gasteiger partial charge < -0.3 is 10.1 Å². The second-order valence-corrected chi connectivity index (χ2v) is 6.40. The van der Waals surface area contributed by atoms with Crippen LogP contribution in [0.25, 0.3) is 0 Å². The highest BCUT2D eigenvalue weighted by Crippen LogP contribution is 2.17. The van der Waals surface area contributed by atoms with Crippen LogP contribution in [0.15, 0.2) is 36.0 Å². The molecule has 0 spiro atoms. The molecule has 21 heavy (non-hydrogen) atoms. The summed E-state index contributed by atoms with van der Waals surface area (Å²) in [5.41, 5.74) is 4.64. The topological polar surface area (TPSA) is 34.1 Å². The second kappa shape index (κ2) is 8.93. The molecule has 1 heterocycles. The molecule has 1 atom stereocenters. The summed E-state index contributed by atoms with van der Waals surface area (Å²) in [6.07, 6.45) is 4.17. The van der Waals surface area contributed by atoms with Crippen molar-refractivity contribution in [3.05, 3.63) is 52.0 Å². The summed E-state index contributed by atoms with van der Waals surface area (Å²) in [5, 5.41) is 3.49. The highest BCUT2D eigenvalue weighted by molar-refractivity contribution is 7.09. The van der Waals surface area contributed by atoms with Crippen LogP contribution in [0, 0.1) is 12.8 Å². The lowest BCUT2D eigenvalue weighted by Gasteiger charge is -2.17. The molecule has 0 aliphatic carbocycles. The van der Waals surface area contributed by atoms with E-state index in [0.29, 0.717) is 5.92 Å². The number of aryl methyl sites for hydroxylation is 1. The highest BCUT2D eigenvalue weighted by Gasteiger charge is 2.11. The van der Waals surface area contributed by atoms with E-state index in [1.807, 2.05) is 11.7 Å². The lowest BCUT2D eigenvalue weighted by molar-refractivity contribution is 0.197. The highest BCUT2D eigenvalue weighted by atomic mass is 32.1. The molecule has 2 rings (SSSR count). The van der Waals surface area contributed by atoms with Crippen molar-refractivity contribution < 1.29 is 4.74 Å². The summed E-state index contributed by atoms with van der Waals surface area (Å²) < 4.78 is 5.09. The van der Waals surface area contributed by atoms with Crippen LogP contribution in [0.1, 0.15) is 16.0 Å². The Balaban J connectivity index is 1.91. The molecular weight excluding hydrogens is 280 g/mol. The fourth-order valence-corrected chi connectivity index (χ4v) is 3.09. The van der Waals surface area contributed by atoms with Crippen LogP contribution < -0.4 is 5.32 Å². The number of rotatable bonds is 9. The third-order valence-corrected chi connectivity index (χ3v) is 4.34. The van der Waals surface area contributed by atoms with Crippen molar-refractivity contribution in [2.45, 2.75) is 19.8 Å². The van der Waals surface area contributed by atoms with Gasteiger partial charge in [0.2, 0.25) is 0 Å². The zero-order valence-electron chi connectivity index (χ0n) is 12.8. The van der Waals surface area contributed by atoms with E-state index < -0.39 is 0 Å². The number of aromatic nitrogens is 1. The molecule has 0 radical (unpaired) electrons. The Labute approximate surface area is 131 Å². The average Bonchev–Trinajstić information content (AvgIpc) is 2.99. The van der Waals surface area contributed by atoms with Crippen LogP contribution in [-0.4, -0.2) is 31.8 Å². The summed E-state index contributed by atoms with van der Waals surface area (Å²) in [5.74, 6) is 0.588. The number of nitrogens with one attached hydrogen (secondary N) is 1. The summed E-state index contributed by atoms with van der Waals surface area (Å²) >= 11 is 1.74. The van der Waals surface area contributed by atoms with E-state index in [-0.39, 0.29) is 0 Å². The normalized spacial score (nSPS) is 12.5. The molecule has 0 aliphatic heterocycles. The zero-order chi connectivity index (χ0) is 14.9. The van der Waals surface area contributed by atoms with Gasteiger partial charge in [0, 0.05) is 24.7 Å². The predicted molar refractivity (Wildman–Crippen MR) is 88.9 cm³/mol. The average molecular weight is 304 g/mol. The Hall–Kier alpha value is -1.23. The molecular formula is C17H24N2OS. The van der Waals surface area contributed by atoms with Gasteiger partial charge in [0.05, 0.1) is 12.1 Å². The Bertz CT molecular complexity index is 496. The molecule has 0 aliphatic rings. The summed E-state index contributed by atoms with van der Waals surface area (Å²) in [6, 6.07) is 8.86. The Kier molecular flexibility index (Phi) is 6.86. The van der Waals surface area contributed by atoms with Crippen LogP contribution >= 0.6 is 11.3 Å². The van der Waals surface area contributed by atoms with Crippen LogP contribution in [0.2, 0.25) is 0 Å². The number of hydrogen-bond donors (Lipinski definition) is 1. The van der Waals surface area contributed by atoms with Gasteiger partial charge >= 0.3 is 0 Å². The molecule has 0 saturated heterocycles.